The van der Waals surface area contributed by atoms with Crippen molar-refractivity contribution in [3.05, 3.63) is 81.9 Å². The Morgan fingerprint density at radius 1 is 1.11 bits per heavy atom. The van der Waals surface area contributed by atoms with Crippen molar-refractivity contribution in [2.45, 2.75) is 0 Å². The van der Waals surface area contributed by atoms with Gasteiger partial charge in [0, 0.05) is 24.4 Å². The fourth-order valence-corrected chi connectivity index (χ4v) is 2.64. The molecule has 0 bridgehead atoms. The molecular weight excluding hydrogens is 366 g/mol. The van der Waals surface area contributed by atoms with E-state index in [-0.39, 0.29) is 11.6 Å². The van der Waals surface area contributed by atoms with Gasteiger partial charge in [-0.25, -0.2) is 4.99 Å². The lowest BCUT2D eigenvalue weighted by Crippen LogP contribution is -2.07. The lowest BCUT2D eigenvalue weighted by molar-refractivity contribution is -0.384. The van der Waals surface area contributed by atoms with E-state index in [1.807, 2.05) is 30.3 Å². The summed E-state index contributed by atoms with van der Waals surface area (Å²) in [6.45, 7) is 0. The second-order valence-electron chi connectivity index (χ2n) is 5.23. The van der Waals surface area contributed by atoms with Gasteiger partial charge in [0.25, 0.3) is 5.69 Å². The molecule has 0 aliphatic carbocycles. The molecule has 8 nitrogen and oxygen atoms in total. The summed E-state index contributed by atoms with van der Waals surface area (Å²) in [6.07, 6.45) is 4.55. The van der Waals surface area contributed by atoms with Gasteiger partial charge in [-0.15, -0.1) is 10.2 Å². The molecule has 134 valence electrons. The molecule has 3 aromatic rings. The summed E-state index contributed by atoms with van der Waals surface area (Å²) in [4.78, 5) is 26.3. The van der Waals surface area contributed by atoms with E-state index in [4.69, 9.17) is 0 Å². The topological polar surface area (TPSA) is 110 Å². The number of rotatable bonds is 6. The molecule has 0 spiro atoms. The number of carbonyl (C=O) groups is 1. The average Bonchev–Trinajstić information content (AvgIpc) is 3.13. The number of hydrogen-bond donors (Lipinski definition) is 1. The van der Waals surface area contributed by atoms with Crippen molar-refractivity contribution in [1.82, 2.24) is 10.2 Å². The Bertz CT molecular complexity index is 1010. The van der Waals surface area contributed by atoms with Crippen molar-refractivity contribution in [3.63, 3.8) is 0 Å². The molecule has 0 saturated carbocycles. The number of nitro benzene ring substituents is 1. The van der Waals surface area contributed by atoms with Crippen LogP contribution in [0.4, 0.5) is 16.0 Å². The van der Waals surface area contributed by atoms with Gasteiger partial charge in [0.15, 0.2) is 0 Å². The number of nitrogens with one attached hydrogen (secondary N) is 1. The van der Waals surface area contributed by atoms with E-state index >= 15 is 0 Å². The average molecular weight is 379 g/mol. The molecule has 0 fully saturated rings. The fourth-order valence-electron chi connectivity index (χ4n) is 2.05. The van der Waals surface area contributed by atoms with Crippen LogP contribution in [0.1, 0.15) is 11.1 Å². The van der Waals surface area contributed by atoms with Gasteiger partial charge in [-0.1, -0.05) is 53.8 Å². The molecule has 0 radical (unpaired) electrons. The summed E-state index contributed by atoms with van der Waals surface area (Å²) < 4.78 is 0. The van der Waals surface area contributed by atoms with E-state index in [0.717, 1.165) is 16.9 Å². The smallest absolute Gasteiger partial charge is 0.270 e. The number of aromatic nitrogens is 2. The first-order valence-electron chi connectivity index (χ1n) is 7.76. The van der Waals surface area contributed by atoms with Crippen LogP contribution >= 0.6 is 11.3 Å². The van der Waals surface area contributed by atoms with E-state index in [1.165, 1.54) is 24.4 Å². The predicted octanol–water partition coefficient (Wildman–Crippen LogP) is 3.85. The van der Waals surface area contributed by atoms with Gasteiger partial charge < -0.3 is 0 Å². The highest BCUT2D eigenvalue weighted by Gasteiger charge is 2.06. The maximum absolute atomic E-state index is 11.9. The SMILES string of the molecule is O=C(/C=C/c1ccccc1)Nc1nnc(/N=C/c2cccc([N+](=O)[O-])c2)s1. The maximum Gasteiger partial charge on any atom is 0.270 e. The normalized spacial score (nSPS) is 11.1. The van der Waals surface area contributed by atoms with Crippen LogP contribution in [0.3, 0.4) is 0 Å². The van der Waals surface area contributed by atoms with Crippen LogP contribution in [0, 0.1) is 10.1 Å². The van der Waals surface area contributed by atoms with Crippen LogP contribution in [0.15, 0.2) is 65.7 Å². The minimum absolute atomic E-state index is 0.0191. The third-order valence-electron chi connectivity index (χ3n) is 3.28. The van der Waals surface area contributed by atoms with Gasteiger partial charge in [-0.3, -0.25) is 20.2 Å². The Kier molecular flexibility index (Phi) is 5.75. The molecule has 1 aromatic heterocycles. The molecular formula is C18H13N5O3S. The van der Waals surface area contributed by atoms with Crippen molar-refractivity contribution in [2.24, 2.45) is 4.99 Å². The van der Waals surface area contributed by atoms with Gasteiger partial charge in [-0.05, 0) is 17.2 Å². The molecule has 27 heavy (non-hydrogen) atoms. The van der Waals surface area contributed by atoms with Crippen LogP contribution in [0.2, 0.25) is 0 Å². The molecule has 0 aliphatic rings. The first-order valence-corrected chi connectivity index (χ1v) is 8.58. The van der Waals surface area contributed by atoms with Gasteiger partial charge in [0.2, 0.25) is 16.2 Å². The van der Waals surface area contributed by atoms with Crippen LogP contribution in [-0.4, -0.2) is 27.2 Å². The molecule has 1 N–H and O–H groups in total. The summed E-state index contributed by atoms with van der Waals surface area (Å²) in [6, 6.07) is 15.5. The van der Waals surface area contributed by atoms with Crippen molar-refractivity contribution < 1.29 is 9.72 Å². The lowest BCUT2D eigenvalue weighted by Gasteiger charge is -1.94. The molecule has 3 rings (SSSR count). The second kappa shape index (κ2) is 8.59. The van der Waals surface area contributed by atoms with E-state index in [9.17, 15) is 14.9 Å². The minimum Gasteiger partial charge on any atom is -0.297 e. The Balaban J connectivity index is 1.61. The van der Waals surface area contributed by atoms with E-state index in [2.05, 4.69) is 20.5 Å². The number of nitrogens with zero attached hydrogens (tertiary/aromatic N) is 4. The summed E-state index contributed by atoms with van der Waals surface area (Å²) in [7, 11) is 0. The van der Waals surface area contributed by atoms with E-state index < -0.39 is 4.92 Å². The molecule has 1 amide bonds. The number of hydrogen-bond acceptors (Lipinski definition) is 7. The number of aliphatic imine (C=N–C) groups is 1. The maximum atomic E-state index is 11.9. The zero-order valence-corrected chi connectivity index (χ0v) is 14.7. The summed E-state index contributed by atoms with van der Waals surface area (Å²) in [5.41, 5.74) is 1.46. The Morgan fingerprint density at radius 3 is 2.67 bits per heavy atom. The fraction of sp³-hybridized carbons (Fsp3) is 0. The number of anilines is 1. The van der Waals surface area contributed by atoms with E-state index in [0.29, 0.717) is 15.8 Å². The molecule has 1 heterocycles. The number of carbonyl (C=O) groups excluding carboxylic acids is 1. The molecule has 2 aromatic carbocycles. The number of non-ortho nitro benzene ring substituents is 1. The third-order valence-corrected chi connectivity index (χ3v) is 4.02. The molecule has 0 atom stereocenters. The van der Waals surface area contributed by atoms with Crippen molar-refractivity contribution >= 4 is 45.5 Å². The van der Waals surface area contributed by atoms with Crippen molar-refractivity contribution in [3.8, 4) is 0 Å². The standard InChI is InChI=1S/C18H13N5O3S/c24-16(10-9-13-5-2-1-3-6-13)20-18-22-21-17(27-18)19-12-14-7-4-8-15(11-14)23(25)26/h1-12H,(H,20,22,24)/b10-9+,19-12+. The zero-order chi connectivity index (χ0) is 19.1. The molecule has 0 aliphatic heterocycles. The highest BCUT2D eigenvalue weighted by atomic mass is 32.1. The quantitative estimate of drug-likeness (QED) is 0.303. The molecule has 9 heteroatoms. The minimum atomic E-state index is -0.473. The molecule has 0 saturated heterocycles. The number of benzene rings is 2. The third kappa shape index (κ3) is 5.38. The van der Waals surface area contributed by atoms with Crippen LogP contribution in [0.25, 0.3) is 6.08 Å². The monoisotopic (exact) mass is 379 g/mol. The highest BCUT2D eigenvalue weighted by molar-refractivity contribution is 7.18. The first-order chi connectivity index (χ1) is 13.1. The van der Waals surface area contributed by atoms with E-state index in [1.54, 1.807) is 18.2 Å². The number of nitro groups is 1. The second-order valence-corrected chi connectivity index (χ2v) is 6.19. The molecule has 0 unspecified atom stereocenters. The van der Waals surface area contributed by atoms with Gasteiger partial charge in [-0.2, -0.15) is 0 Å². The summed E-state index contributed by atoms with van der Waals surface area (Å²) >= 11 is 1.09. The largest absolute Gasteiger partial charge is 0.297 e. The van der Waals surface area contributed by atoms with Gasteiger partial charge in [0.1, 0.15) is 0 Å². The summed E-state index contributed by atoms with van der Waals surface area (Å²) in [5, 5.41) is 21.7. The lowest BCUT2D eigenvalue weighted by atomic mass is 10.2. The Morgan fingerprint density at radius 2 is 1.89 bits per heavy atom. The summed E-state index contributed by atoms with van der Waals surface area (Å²) in [5.74, 6) is -0.329. The van der Waals surface area contributed by atoms with Crippen molar-refractivity contribution in [2.75, 3.05) is 5.32 Å². The Hall–Kier alpha value is -3.72. The highest BCUT2D eigenvalue weighted by Crippen LogP contribution is 2.23. The predicted molar refractivity (Wildman–Crippen MR) is 104 cm³/mol. The Labute approximate surface area is 158 Å². The van der Waals surface area contributed by atoms with Crippen molar-refractivity contribution in [1.29, 1.82) is 0 Å². The van der Waals surface area contributed by atoms with Crippen LogP contribution < -0.4 is 5.32 Å². The van der Waals surface area contributed by atoms with Gasteiger partial charge >= 0.3 is 0 Å². The zero-order valence-electron chi connectivity index (χ0n) is 13.9. The van der Waals surface area contributed by atoms with Gasteiger partial charge in [0.05, 0.1) is 4.92 Å². The number of amides is 1. The van der Waals surface area contributed by atoms with Crippen LogP contribution in [0.5, 0.6) is 0 Å². The first kappa shape index (κ1) is 18.1. The van der Waals surface area contributed by atoms with Crippen LogP contribution in [-0.2, 0) is 4.79 Å².